The van der Waals surface area contributed by atoms with Crippen LogP contribution in [-0.2, 0) is 11.2 Å². The van der Waals surface area contributed by atoms with Crippen molar-refractivity contribution in [3.63, 3.8) is 0 Å². The molecular formula is C13H18F2N2O. The van der Waals surface area contributed by atoms with Crippen molar-refractivity contribution in [2.24, 2.45) is 0 Å². The van der Waals surface area contributed by atoms with E-state index >= 15 is 0 Å². The maximum Gasteiger partial charge on any atom is 0.224 e. The van der Waals surface area contributed by atoms with E-state index in [0.717, 1.165) is 25.6 Å². The Labute approximate surface area is 106 Å². The zero-order valence-electron chi connectivity index (χ0n) is 10.4. The monoisotopic (exact) mass is 256 g/mol. The van der Waals surface area contributed by atoms with Gasteiger partial charge in [-0.15, -0.1) is 0 Å². The molecule has 0 saturated heterocycles. The van der Waals surface area contributed by atoms with Crippen molar-refractivity contribution in [3.8, 4) is 0 Å². The topological polar surface area (TPSA) is 41.1 Å². The first-order chi connectivity index (χ1) is 8.65. The van der Waals surface area contributed by atoms with Gasteiger partial charge in [-0.2, -0.15) is 0 Å². The van der Waals surface area contributed by atoms with Crippen LogP contribution >= 0.6 is 0 Å². The highest BCUT2D eigenvalue weighted by Crippen LogP contribution is 2.11. The lowest BCUT2D eigenvalue weighted by molar-refractivity contribution is -0.120. The third-order valence-electron chi connectivity index (χ3n) is 2.49. The molecule has 1 aromatic rings. The van der Waals surface area contributed by atoms with Gasteiger partial charge in [0.15, 0.2) is 11.6 Å². The number of amides is 1. The predicted octanol–water partition coefficient (Wildman–Crippen LogP) is 1.62. The van der Waals surface area contributed by atoms with Gasteiger partial charge in [0.05, 0.1) is 6.42 Å². The maximum absolute atomic E-state index is 13.3. The fourth-order valence-electron chi connectivity index (χ4n) is 1.54. The minimum atomic E-state index is -0.944. The Morgan fingerprint density at radius 1 is 1.28 bits per heavy atom. The fraction of sp³-hybridized carbons (Fsp3) is 0.462. The molecule has 2 N–H and O–H groups in total. The van der Waals surface area contributed by atoms with Crippen LogP contribution in [0.4, 0.5) is 8.78 Å². The number of carbonyl (C=O) groups is 1. The van der Waals surface area contributed by atoms with E-state index in [2.05, 4.69) is 10.6 Å². The average Bonchev–Trinajstić information content (AvgIpc) is 2.35. The SMILES string of the molecule is CCNCCCNC(=O)Cc1cccc(F)c1F. The third kappa shape index (κ3) is 4.79. The summed E-state index contributed by atoms with van der Waals surface area (Å²) in [6, 6.07) is 3.84. The first-order valence-electron chi connectivity index (χ1n) is 6.05. The molecule has 18 heavy (non-hydrogen) atoms. The van der Waals surface area contributed by atoms with Crippen molar-refractivity contribution < 1.29 is 13.6 Å². The number of benzene rings is 1. The summed E-state index contributed by atoms with van der Waals surface area (Å²) in [7, 11) is 0. The Morgan fingerprint density at radius 3 is 2.78 bits per heavy atom. The number of carbonyl (C=O) groups excluding carboxylic acids is 1. The summed E-state index contributed by atoms with van der Waals surface area (Å²) in [5.41, 5.74) is 0.0826. The van der Waals surface area contributed by atoms with Crippen LogP contribution < -0.4 is 10.6 Å². The molecule has 1 aromatic carbocycles. The van der Waals surface area contributed by atoms with Gasteiger partial charge in [-0.3, -0.25) is 4.79 Å². The molecule has 0 aliphatic carbocycles. The van der Waals surface area contributed by atoms with Crippen LogP contribution in [0.3, 0.4) is 0 Å². The van der Waals surface area contributed by atoms with Crippen LogP contribution in [-0.4, -0.2) is 25.5 Å². The standard InChI is InChI=1S/C13H18F2N2O/c1-2-16-7-4-8-17-12(18)9-10-5-3-6-11(14)13(10)15/h3,5-6,16H,2,4,7-9H2,1H3,(H,17,18). The highest BCUT2D eigenvalue weighted by Gasteiger charge is 2.10. The van der Waals surface area contributed by atoms with Crippen LogP contribution in [0, 0.1) is 11.6 Å². The lowest BCUT2D eigenvalue weighted by atomic mass is 10.1. The van der Waals surface area contributed by atoms with E-state index < -0.39 is 11.6 Å². The van der Waals surface area contributed by atoms with Gasteiger partial charge in [-0.1, -0.05) is 19.1 Å². The van der Waals surface area contributed by atoms with Crippen LogP contribution in [0.25, 0.3) is 0 Å². The van der Waals surface area contributed by atoms with Gasteiger partial charge in [0.25, 0.3) is 0 Å². The third-order valence-corrected chi connectivity index (χ3v) is 2.49. The van der Waals surface area contributed by atoms with Crippen molar-refractivity contribution in [2.45, 2.75) is 19.8 Å². The van der Waals surface area contributed by atoms with E-state index in [1.54, 1.807) is 0 Å². The summed E-state index contributed by atoms with van der Waals surface area (Å²) in [6.07, 6.45) is 0.677. The summed E-state index contributed by atoms with van der Waals surface area (Å²) in [5, 5.41) is 5.80. The molecule has 0 unspecified atom stereocenters. The van der Waals surface area contributed by atoms with Gasteiger partial charge in [-0.25, -0.2) is 8.78 Å². The highest BCUT2D eigenvalue weighted by molar-refractivity contribution is 5.78. The second-order valence-electron chi connectivity index (χ2n) is 3.95. The molecule has 0 aromatic heterocycles. The van der Waals surface area contributed by atoms with Gasteiger partial charge in [0, 0.05) is 12.1 Å². The molecule has 0 saturated carbocycles. The van der Waals surface area contributed by atoms with E-state index in [1.165, 1.54) is 12.1 Å². The number of hydrogen-bond acceptors (Lipinski definition) is 2. The summed E-state index contributed by atoms with van der Waals surface area (Å²) in [4.78, 5) is 11.5. The van der Waals surface area contributed by atoms with Gasteiger partial charge >= 0.3 is 0 Å². The molecule has 3 nitrogen and oxygen atoms in total. The Kier molecular flexibility index (Phi) is 6.28. The lowest BCUT2D eigenvalue weighted by Crippen LogP contribution is -2.28. The number of halogens is 2. The quantitative estimate of drug-likeness (QED) is 0.728. The highest BCUT2D eigenvalue weighted by atomic mass is 19.2. The summed E-state index contributed by atoms with van der Waals surface area (Å²) in [6.45, 7) is 4.25. The van der Waals surface area contributed by atoms with E-state index in [9.17, 15) is 13.6 Å². The first-order valence-corrected chi connectivity index (χ1v) is 6.05. The van der Waals surface area contributed by atoms with Crippen LogP contribution in [0.2, 0.25) is 0 Å². The predicted molar refractivity (Wildman–Crippen MR) is 66.2 cm³/mol. The first kappa shape index (κ1) is 14.6. The van der Waals surface area contributed by atoms with E-state index in [0.29, 0.717) is 6.54 Å². The molecule has 1 amide bonds. The number of rotatable bonds is 7. The smallest absolute Gasteiger partial charge is 0.224 e. The van der Waals surface area contributed by atoms with Crippen LogP contribution in [0.1, 0.15) is 18.9 Å². The summed E-state index contributed by atoms with van der Waals surface area (Å²) >= 11 is 0. The van der Waals surface area contributed by atoms with Crippen LogP contribution in [0.5, 0.6) is 0 Å². The Morgan fingerprint density at radius 2 is 2.06 bits per heavy atom. The van der Waals surface area contributed by atoms with Gasteiger partial charge in [0.1, 0.15) is 0 Å². The van der Waals surface area contributed by atoms with Crippen LogP contribution in [0.15, 0.2) is 18.2 Å². The maximum atomic E-state index is 13.3. The Bertz CT molecular complexity index is 397. The second kappa shape index (κ2) is 7.76. The number of nitrogens with one attached hydrogen (secondary N) is 2. The average molecular weight is 256 g/mol. The Hall–Kier alpha value is -1.49. The molecule has 0 bridgehead atoms. The summed E-state index contributed by atoms with van der Waals surface area (Å²) in [5.74, 6) is -2.16. The molecule has 1 rings (SSSR count). The van der Waals surface area contributed by atoms with E-state index in [-0.39, 0.29) is 17.9 Å². The minimum Gasteiger partial charge on any atom is -0.356 e. The van der Waals surface area contributed by atoms with Crippen molar-refractivity contribution in [1.82, 2.24) is 10.6 Å². The van der Waals surface area contributed by atoms with Gasteiger partial charge in [-0.05, 0) is 25.6 Å². The number of hydrogen-bond donors (Lipinski definition) is 2. The van der Waals surface area contributed by atoms with Gasteiger partial charge in [0.2, 0.25) is 5.91 Å². The largest absolute Gasteiger partial charge is 0.356 e. The summed E-state index contributed by atoms with van der Waals surface area (Å²) < 4.78 is 26.2. The molecule has 0 radical (unpaired) electrons. The van der Waals surface area contributed by atoms with E-state index in [4.69, 9.17) is 0 Å². The lowest BCUT2D eigenvalue weighted by Gasteiger charge is -2.06. The second-order valence-corrected chi connectivity index (χ2v) is 3.95. The molecule has 0 heterocycles. The van der Waals surface area contributed by atoms with Crippen molar-refractivity contribution in [3.05, 3.63) is 35.4 Å². The molecule has 100 valence electrons. The zero-order valence-corrected chi connectivity index (χ0v) is 10.4. The molecule has 0 fully saturated rings. The molecular weight excluding hydrogens is 238 g/mol. The van der Waals surface area contributed by atoms with Crippen molar-refractivity contribution in [1.29, 1.82) is 0 Å². The van der Waals surface area contributed by atoms with Gasteiger partial charge < -0.3 is 10.6 Å². The minimum absolute atomic E-state index is 0.0826. The normalized spacial score (nSPS) is 10.4. The van der Waals surface area contributed by atoms with Crippen molar-refractivity contribution in [2.75, 3.05) is 19.6 Å². The fourth-order valence-corrected chi connectivity index (χ4v) is 1.54. The molecule has 0 spiro atoms. The molecule has 5 heteroatoms. The molecule has 0 atom stereocenters. The molecule has 0 aliphatic rings. The van der Waals surface area contributed by atoms with Crippen molar-refractivity contribution >= 4 is 5.91 Å². The Balaban J connectivity index is 2.34. The van der Waals surface area contributed by atoms with E-state index in [1.807, 2.05) is 6.92 Å². The zero-order chi connectivity index (χ0) is 13.4. The molecule has 0 aliphatic heterocycles.